The monoisotopic (exact) mass is 498 g/mol. The third-order valence-electron chi connectivity index (χ3n) is 5.33. The van der Waals surface area contributed by atoms with E-state index in [0.717, 1.165) is 5.56 Å². The number of benzene rings is 4. The summed E-state index contributed by atoms with van der Waals surface area (Å²) in [6.07, 6.45) is 0. The highest BCUT2D eigenvalue weighted by Gasteiger charge is 2.13. The molecule has 36 heavy (non-hydrogen) atoms. The van der Waals surface area contributed by atoms with Gasteiger partial charge in [-0.3, -0.25) is 14.4 Å². The van der Waals surface area contributed by atoms with Crippen LogP contribution in [0.2, 0.25) is 5.02 Å². The summed E-state index contributed by atoms with van der Waals surface area (Å²) in [6, 6.07) is 27.7. The minimum Gasteiger partial charge on any atom is -0.455 e. The van der Waals surface area contributed by atoms with E-state index in [1.54, 1.807) is 78.9 Å². The van der Waals surface area contributed by atoms with Crippen LogP contribution in [0.15, 0.2) is 97.1 Å². The molecule has 0 aliphatic heterocycles. The number of nitrogens with one attached hydrogen (secondary N) is 2. The Hall–Kier alpha value is -4.42. The van der Waals surface area contributed by atoms with Crippen molar-refractivity contribution in [3.05, 3.63) is 124 Å². The number of rotatable bonds is 8. The molecule has 0 aromatic heterocycles. The van der Waals surface area contributed by atoms with Crippen LogP contribution in [0.4, 0.5) is 5.69 Å². The fourth-order valence-corrected chi connectivity index (χ4v) is 3.61. The van der Waals surface area contributed by atoms with Crippen LogP contribution in [-0.2, 0) is 11.3 Å². The summed E-state index contributed by atoms with van der Waals surface area (Å²) in [5.74, 6) is 0.362. The number of ether oxygens (including phenoxy) is 1. The number of amides is 2. The number of hydrogen-bond donors (Lipinski definition) is 2. The number of anilines is 1. The summed E-state index contributed by atoms with van der Waals surface area (Å²) in [4.78, 5) is 36.6. The van der Waals surface area contributed by atoms with Gasteiger partial charge in [0.2, 0.25) is 5.91 Å². The average Bonchev–Trinajstić information content (AvgIpc) is 2.90. The third-order valence-corrected chi connectivity index (χ3v) is 5.56. The average molecular weight is 499 g/mol. The fraction of sp³-hybridized carbons (Fsp3) is 0.0690. The van der Waals surface area contributed by atoms with Gasteiger partial charge in [0, 0.05) is 35.2 Å². The van der Waals surface area contributed by atoms with E-state index >= 15 is 0 Å². The molecule has 0 saturated carbocycles. The zero-order valence-corrected chi connectivity index (χ0v) is 20.2. The van der Waals surface area contributed by atoms with Gasteiger partial charge in [-0.05, 0) is 60.2 Å². The molecule has 0 aliphatic carbocycles. The van der Waals surface area contributed by atoms with Crippen LogP contribution >= 0.6 is 11.6 Å². The van der Waals surface area contributed by atoms with Gasteiger partial charge in [0.1, 0.15) is 5.75 Å². The highest BCUT2D eigenvalue weighted by Crippen LogP contribution is 2.32. The molecule has 0 unspecified atom stereocenters. The van der Waals surface area contributed by atoms with E-state index in [4.69, 9.17) is 16.3 Å². The minimum atomic E-state index is -0.336. The largest absolute Gasteiger partial charge is 0.455 e. The first-order chi connectivity index (χ1) is 17.4. The molecule has 0 aliphatic rings. The Bertz CT molecular complexity index is 1390. The lowest BCUT2D eigenvalue weighted by Crippen LogP contribution is -2.19. The van der Waals surface area contributed by atoms with E-state index in [2.05, 4.69) is 10.6 Å². The molecule has 7 heteroatoms. The molecule has 0 heterocycles. The van der Waals surface area contributed by atoms with Gasteiger partial charge in [-0.15, -0.1) is 0 Å². The van der Waals surface area contributed by atoms with Crippen LogP contribution in [0.3, 0.4) is 0 Å². The Morgan fingerprint density at radius 3 is 2.08 bits per heavy atom. The van der Waals surface area contributed by atoms with E-state index in [0.29, 0.717) is 45.4 Å². The Balaban J connectivity index is 1.47. The molecule has 2 N–H and O–H groups in total. The maximum Gasteiger partial charge on any atom is 0.255 e. The van der Waals surface area contributed by atoms with Crippen molar-refractivity contribution in [3.63, 3.8) is 0 Å². The van der Waals surface area contributed by atoms with Crippen molar-refractivity contribution in [3.8, 4) is 11.5 Å². The van der Waals surface area contributed by atoms with E-state index in [-0.39, 0.29) is 17.6 Å². The number of carbonyl (C=O) groups is 3. The van der Waals surface area contributed by atoms with Crippen LogP contribution in [0, 0.1) is 0 Å². The predicted octanol–water partition coefficient (Wildman–Crippen LogP) is 6.25. The van der Waals surface area contributed by atoms with E-state index in [9.17, 15) is 14.4 Å². The summed E-state index contributed by atoms with van der Waals surface area (Å²) in [5.41, 5.74) is 2.87. The number of ketones is 1. The first-order valence-corrected chi connectivity index (χ1v) is 11.6. The molecule has 4 rings (SSSR count). The summed E-state index contributed by atoms with van der Waals surface area (Å²) in [5, 5.41) is 5.99. The summed E-state index contributed by atoms with van der Waals surface area (Å²) < 4.78 is 5.99. The standard InChI is InChI=1S/C29H23ClN2O4/c1-19(33)31-18-20-7-9-23(10-8-20)29(35)32-26-17-24(30)13-16-27(26)36-25-14-11-22(12-15-25)28(34)21-5-3-2-4-6-21/h2-17H,18H2,1H3,(H,31,33)(H,32,35). The Morgan fingerprint density at radius 2 is 1.42 bits per heavy atom. The topological polar surface area (TPSA) is 84.5 Å². The van der Waals surface area contributed by atoms with Crippen LogP contribution < -0.4 is 15.4 Å². The second-order valence-electron chi connectivity index (χ2n) is 8.02. The second-order valence-corrected chi connectivity index (χ2v) is 8.46. The van der Waals surface area contributed by atoms with Gasteiger partial charge in [0.15, 0.2) is 11.5 Å². The van der Waals surface area contributed by atoms with Crippen molar-refractivity contribution >= 4 is 34.9 Å². The molecule has 0 atom stereocenters. The van der Waals surface area contributed by atoms with E-state index in [1.807, 2.05) is 18.2 Å². The Labute approximate surface area is 213 Å². The lowest BCUT2D eigenvalue weighted by Gasteiger charge is -2.13. The second kappa shape index (κ2) is 11.3. The summed E-state index contributed by atoms with van der Waals surface area (Å²) in [7, 11) is 0. The lowest BCUT2D eigenvalue weighted by molar-refractivity contribution is -0.119. The van der Waals surface area contributed by atoms with E-state index < -0.39 is 0 Å². The number of halogens is 1. The van der Waals surface area contributed by atoms with Crippen LogP contribution in [0.5, 0.6) is 11.5 Å². The van der Waals surface area contributed by atoms with Crippen molar-refractivity contribution in [2.45, 2.75) is 13.5 Å². The molecule has 180 valence electrons. The highest BCUT2D eigenvalue weighted by molar-refractivity contribution is 6.31. The first kappa shape index (κ1) is 24.7. The molecular weight excluding hydrogens is 476 g/mol. The van der Waals surface area contributed by atoms with Gasteiger partial charge in [-0.2, -0.15) is 0 Å². The molecule has 0 saturated heterocycles. The van der Waals surface area contributed by atoms with Gasteiger partial charge < -0.3 is 15.4 Å². The molecule has 2 amide bonds. The zero-order chi connectivity index (χ0) is 25.5. The molecule has 6 nitrogen and oxygen atoms in total. The smallest absolute Gasteiger partial charge is 0.255 e. The molecule has 0 spiro atoms. The molecule has 0 radical (unpaired) electrons. The fourth-order valence-electron chi connectivity index (χ4n) is 3.44. The molecule has 0 fully saturated rings. The Morgan fingerprint density at radius 1 is 0.778 bits per heavy atom. The Kier molecular flexibility index (Phi) is 7.78. The van der Waals surface area contributed by atoms with Crippen LogP contribution in [0.1, 0.15) is 38.8 Å². The predicted molar refractivity (Wildman–Crippen MR) is 140 cm³/mol. The summed E-state index contributed by atoms with van der Waals surface area (Å²) in [6.45, 7) is 1.84. The first-order valence-electron chi connectivity index (χ1n) is 11.2. The van der Waals surface area contributed by atoms with Gasteiger partial charge in [-0.1, -0.05) is 54.1 Å². The summed E-state index contributed by atoms with van der Waals surface area (Å²) >= 11 is 6.17. The van der Waals surface area contributed by atoms with Crippen LogP contribution in [-0.4, -0.2) is 17.6 Å². The highest BCUT2D eigenvalue weighted by atomic mass is 35.5. The normalized spacial score (nSPS) is 10.4. The number of hydrogen-bond acceptors (Lipinski definition) is 4. The quantitative estimate of drug-likeness (QED) is 0.281. The minimum absolute atomic E-state index is 0.0790. The SMILES string of the molecule is CC(=O)NCc1ccc(C(=O)Nc2cc(Cl)ccc2Oc2ccc(C(=O)c3ccccc3)cc2)cc1. The lowest BCUT2D eigenvalue weighted by atomic mass is 10.0. The van der Waals surface area contributed by atoms with Gasteiger partial charge in [-0.25, -0.2) is 0 Å². The molecular formula is C29H23ClN2O4. The molecule has 0 bridgehead atoms. The van der Waals surface area contributed by atoms with Crippen LogP contribution in [0.25, 0.3) is 0 Å². The van der Waals surface area contributed by atoms with Crippen molar-refractivity contribution in [1.82, 2.24) is 5.32 Å². The van der Waals surface area contributed by atoms with Crippen molar-refractivity contribution < 1.29 is 19.1 Å². The maximum atomic E-state index is 12.8. The number of carbonyl (C=O) groups excluding carboxylic acids is 3. The van der Waals surface area contributed by atoms with Gasteiger partial charge in [0.05, 0.1) is 5.69 Å². The van der Waals surface area contributed by atoms with Crippen molar-refractivity contribution in [2.75, 3.05) is 5.32 Å². The van der Waals surface area contributed by atoms with Crippen molar-refractivity contribution in [1.29, 1.82) is 0 Å². The van der Waals surface area contributed by atoms with Gasteiger partial charge in [0.25, 0.3) is 5.91 Å². The molecule has 4 aromatic rings. The third kappa shape index (κ3) is 6.37. The van der Waals surface area contributed by atoms with Gasteiger partial charge >= 0.3 is 0 Å². The van der Waals surface area contributed by atoms with E-state index in [1.165, 1.54) is 6.92 Å². The zero-order valence-electron chi connectivity index (χ0n) is 19.5. The van der Waals surface area contributed by atoms with Crippen molar-refractivity contribution in [2.24, 2.45) is 0 Å². The molecule has 4 aromatic carbocycles. The maximum absolute atomic E-state index is 12.8.